The lowest BCUT2D eigenvalue weighted by Crippen LogP contribution is -2.43. The molecule has 8 heteroatoms. The Kier molecular flexibility index (Phi) is 3.79. The molecule has 1 saturated carbocycles. The van der Waals surface area contributed by atoms with E-state index in [0.717, 1.165) is 12.1 Å². The van der Waals surface area contributed by atoms with E-state index >= 15 is 0 Å². The quantitative estimate of drug-likeness (QED) is 0.823. The number of amidine groups is 1. The number of hydrogen-bond acceptors (Lipinski definition) is 6. The molecule has 6 nitrogen and oxygen atoms in total. The molecule has 0 aromatic heterocycles. The van der Waals surface area contributed by atoms with Crippen molar-refractivity contribution in [3.8, 4) is 12.1 Å². The van der Waals surface area contributed by atoms with E-state index in [9.17, 15) is 19.3 Å². The molecule has 130 valence electrons. The molecule has 3 rings (SSSR count). The van der Waals surface area contributed by atoms with Gasteiger partial charge in [0.25, 0.3) is 5.91 Å². The van der Waals surface area contributed by atoms with Crippen molar-refractivity contribution >= 4 is 5.84 Å². The molecule has 0 bridgehead atoms. The molecular weight excluding hydrogens is 330 g/mol. The molecule has 0 spiro atoms. The molecule has 1 aliphatic carbocycles. The summed E-state index contributed by atoms with van der Waals surface area (Å²) in [6.45, 7) is 3.70. The van der Waals surface area contributed by atoms with E-state index in [2.05, 4.69) is 17.1 Å². The van der Waals surface area contributed by atoms with Gasteiger partial charge in [-0.1, -0.05) is 6.07 Å². The minimum Gasteiger partial charge on any atom is -0.386 e. The van der Waals surface area contributed by atoms with E-state index in [1.807, 2.05) is 0 Å². The highest BCUT2D eigenvalue weighted by atomic mass is 19.2. The Morgan fingerprint density at radius 2 is 1.80 bits per heavy atom. The van der Waals surface area contributed by atoms with Gasteiger partial charge in [-0.2, -0.15) is 10.5 Å². The smallest absolute Gasteiger partial charge is 0.293 e. The van der Waals surface area contributed by atoms with Gasteiger partial charge < -0.3 is 15.2 Å². The zero-order valence-electron chi connectivity index (χ0n) is 13.7. The normalized spacial score (nSPS) is 31.6. The number of rotatable bonds is 5. The van der Waals surface area contributed by atoms with E-state index in [1.165, 1.54) is 6.07 Å². The average Bonchev–Trinajstić information content (AvgIpc) is 3.16. The van der Waals surface area contributed by atoms with Crippen molar-refractivity contribution in [2.75, 3.05) is 13.2 Å². The van der Waals surface area contributed by atoms with Crippen LogP contribution in [0.15, 0.2) is 23.2 Å². The fourth-order valence-electron chi connectivity index (χ4n) is 3.94. The van der Waals surface area contributed by atoms with Gasteiger partial charge in [-0.15, -0.1) is 0 Å². The van der Waals surface area contributed by atoms with Crippen LogP contribution in [0, 0.1) is 45.1 Å². The van der Waals surface area contributed by atoms with E-state index in [4.69, 9.17) is 15.2 Å². The van der Waals surface area contributed by atoms with E-state index in [0.29, 0.717) is 0 Å². The van der Waals surface area contributed by atoms with Crippen LogP contribution >= 0.6 is 0 Å². The predicted molar refractivity (Wildman–Crippen MR) is 82.8 cm³/mol. The number of ether oxygens (including phenoxy) is 2. The first-order valence-electron chi connectivity index (χ1n) is 7.81. The summed E-state index contributed by atoms with van der Waals surface area (Å²) < 4.78 is 38.3. The SMILES string of the molecule is CCOC1(OCC)N=C(N)C2(C#N)C(c3ccc(F)c(F)c3)C12C#N. The molecule has 0 saturated heterocycles. The topological polar surface area (TPSA) is 104 Å². The van der Waals surface area contributed by atoms with E-state index in [-0.39, 0.29) is 24.6 Å². The van der Waals surface area contributed by atoms with Crippen LogP contribution < -0.4 is 5.73 Å². The summed E-state index contributed by atoms with van der Waals surface area (Å²) >= 11 is 0. The molecular formula is C17H16F2N4O2. The van der Waals surface area contributed by atoms with Gasteiger partial charge in [-0.25, -0.2) is 13.8 Å². The minimum absolute atomic E-state index is 0.104. The number of benzene rings is 1. The molecule has 1 aromatic carbocycles. The van der Waals surface area contributed by atoms with Gasteiger partial charge in [0.1, 0.15) is 11.3 Å². The lowest BCUT2D eigenvalue weighted by molar-refractivity contribution is -0.255. The van der Waals surface area contributed by atoms with E-state index in [1.54, 1.807) is 13.8 Å². The zero-order valence-corrected chi connectivity index (χ0v) is 13.7. The number of nitrogens with zero attached hydrogens (tertiary/aromatic N) is 3. The van der Waals surface area contributed by atoms with Crippen molar-refractivity contribution in [3.05, 3.63) is 35.4 Å². The second-order valence-corrected chi connectivity index (χ2v) is 5.89. The lowest BCUT2D eigenvalue weighted by atomic mass is 9.93. The lowest BCUT2D eigenvalue weighted by Gasteiger charge is -2.31. The van der Waals surface area contributed by atoms with Gasteiger partial charge in [0.05, 0.1) is 12.1 Å². The molecule has 2 N–H and O–H groups in total. The van der Waals surface area contributed by atoms with Crippen molar-refractivity contribution < 1.29 is 18.3 Å². The molecule has 3 atom stereocenters. The molecule has 2 aliphatic rings. The Labute approximate surface area is 143 Å². The van der Waals surface area contributed by atoms with Crippen LogP contribution in [0.5, 0.6) is 0 Å². The first kappa shape index (κ1) is 17.3. The maximum Gasteiger partial charge on any atom is 0.293 e. The van der Waals surface area contributed by atoms with Crippen molar-refractivity contribution in [2.24, 2.45) is 21.6 Å². The summed E-state index contributed by atoms with van der Waals surface area (Å²) in [7, 11) is 0. The highest BCUT2D eigenvalue weighted by molar-refractivity contribution is 6.00. The van der Waals surface area contributed by atoms with Gasteiger partial charge in [-0.05, 0) is 31.5 Å². The zero-order chi connectivity index (χ0) is 18.5. The van der Waals surface area contributed by atoms with Crippen LogP contribution in [-0.4, -0.2) is 25.0 Å². The number of hydrogen-bond donors (Lipinski definition) is 1. The molecule has 25 heavy (non-hydrogen) atoms. The number of halogens is 2. The predicted octanol–water partition coefficient (Wildman–Crippen LogP) is 2.18. The molecule has 1 heterocycles. The van der Waals surface area contributed by atoms with Crippen LogP contribution in [0.3, 0.4) is 0 Å². The fraction of sp³-hybridized carbons (Fsp3) is 0.471. The second-order valence-electron chi connectivity index (χ2n) is 5.89. The fourth-order valence-corrected chi connectivity index (χ4v) is 3.94. The van der Waals surface area contributed by atoms with Crippen LogP contribution in [0.2, 0.25) is 0 Å². The Morgan fingerprint density at radius 1 is 1.16 bits per heavy atom. The average molecular weight is 346 g/mol. The monoisotopic (exact) mass is 346 g/mol. The highest BCUT2D eigenvalue weighted by Crippen LogP contribution is 2.81. The van der Waals surface area contributed by atoms with Crippen molar-refractivity contribution in [1.82, 2.24) is 0 Å². The maximum atomic E-state index is 13.7. The van der Waals surface area contributed by atoms with Crippen molar-refractivity contribution in [3.63, 3.8) is 0 Å². The summed E-state index contributed by atoms with van der Waals surface area (Å²) in [6, 6.07) is 7.40. The van der Waals surface area contributed by atoms with Gasteiger partial charge in [0.2, 0.25) is 0 Å². The molecule has 1 aliphatic heterocycles. The highest BCUT2D eigenvalue weighted by Gasteiger charge is 2.93. The first-order chi connectivity index (χ1) is 11.9. The molecule has 3 unspecified atom stereocenters. The van der Waals surface area contributed by atoms with Crippen molar-refractivity contribution in [2.45, 2.75) is 25.7 Å². The summed E-state index contributed by atoms with van der Waals surface area (Å²) in [4.78, 5) is 4.17. The van der Waals surface area contributed by atoms with Gasteiger partial charge in [-0.3, -0.25) is 0 Å². The van der Waals surface area contributed by atoms with E-state index < -0.39 is 34.3 Å². The number of nitriles is 2. The molecule has 0 amide bonds. The summed E-state index contributed by atoms with van der Waals surface area (Å²) in [5.74, 6) is -4.80. The van der Waals surface area contributed by atoms with Crippen molar-refractivity contribution in [1.29, 1.82) is 10.5 Å². The van der Waals surface area contributed by atoms with Gasteiger partial charge in [0.15, 0.2) is 17.0 Å². The Bertz CT molecular complexity index is 838. The third kappa shape index (κ3) is 1.78. The van der Waals surface area contributed by atoms with Gasteiger partial charge >= 0.3 is 0 Å². The molecule has 1 aromatic rings. The minimum atomic E-state index is -1.76. The van der Waals surface area contributed by atoms with Crippen LogP contribution in [0.1, 0.15) is 25.3 Å². The summed E-state index contributed by atoms with van der Waals surface area (Å²) in [5, 5.41) is 19.8. The number of aliphatic imine (C=N–C) groups is 1. The third-order valence-electron chi connectivity index (χ3n) is 4.88. The van der Waals surface area contributed by atoms with Crippen LogP contribution in [0.4, 0.5) is 8.78 Å². The first-order valence-corrected chi connectivity index (χ1v) is 7.81. The Hall–Kier alpha value is -2.55. The molecule has 0 radical (unpaired) electrons. The number of fused-ring (bicyclic) bond motifs is 1. The molecule has 1 fully saturated rings. The van der Waals surface area contributed by atoms with Crippen LogP contribution in [-0.2, 0) is 9.47 Å². The van der Waals surface area contributed by atoms with Crippen LogP contribution in [0.25, 0.3) is 0 Å². The standard InChI is InChI=1S/C17H16F2N4O2/c1-3-24-17(25-4-2)16(9-21)13(15(16,8-20)14(22)23-17)10-5-6-11(18)12(19)7-10/h5-7,13H,3-4H2,1-2H3,(H2,22,23). The Balaban J connectivity index is 2.23. The summed E-state index contributed by atoms with van der Waals surface area (Å²) in [6.07, 6.45) is 0. The summed E-state index contributed by atoms with van der Waals surface area (Å²) in [5.41, 5.74) is 3.18. The largest absolute Gasteiger partial charge is 0.386 e. The number of nitrogens with two attached hydrogens (primary N) is 1. The second kappa shape index (κ2) is 5.48. The van der Waals surface area contributed by atoms with Gasteiger partial charge in [0, 0.05) is 19.1 Å². The Morgan fingerprint density at radius 3 is 2.28 bits per heavy atom. The third-order valence-corrected chi connectivity index (χ3v) is 4.88. The maximum absolute atomic E-state index is 13.7.